The topological polar surface area (TPSA) is 75.1 Å². The average molecular weight is 374 g/mol. The van der Waals surface area contributed by atoms with Crippen LogP contribution in [-0.2, 0) is 11.2 Å². The Morgan fingerprint density at radius 3 is 2.88 bits per heavy atom. The van der Waals surface area contributed by atoms with E-state index in [9.17, 15) is 9.90 Å². The van der Waals surface area contributed by atoms with Crippen molar-refractivity contribution in [1.29, 1.82) is 0 Å². The van der Waals surface area contributed by atoms with Gasteiger partial charge >= 0.3 is 0 Å². The molecule has 0 aliphatic rings. The van der Waals surface area contributed by atoms with Gasteiger partial charge in [0.15, 0.2) is 0 Å². The Morgan fingerprint density at radius 1 is 1.28 bits per heavy atom. The van der Waals surface area contributed by atoms with Crippen molar-refractivity contribution < 1.29 is 9.90 Å². The summed E-state index contributed by atoms with van der Waals surface area (Å²) in [6.45, 7) is 2.65. The van der Waals surface area contributed by atoms with Crippen molar-refractivity contribution in [3.8, 4) is 5.75 Å². The smallest absolute Gasteiger partial charge is 0.220 e. The van der Waals surface area contributed by atoms with E-state index < -0.39 is 0 Å². The number of aryl methyl sites for hydroxylation is 1. The first-order chi connectivity index (χ1) is 12.1. The number of carbonyl (C=O) groups is 1. The van der Waals surface area contributed by atoms with Gasteiger partial charge in [-0.05, 0) is 37.1 Å². The number of thiophene rings is 1. The molecular formula is C18H19N3O2S2. The lowest BCUT2D eigenvalue weighted by Crippen LogP contribution is -2.25. The molecule has 0 saturated carbocycles. The molecule has 3 rings (SSSR count). The van der Waals surface area contributed by atoms with Crippen LogP contribution >= 0.6 is 23.1 Å². The van der Waals surface area contributed by atoms with Crippen molar-refractivity contribution in [2.75, 3.05) is 12.3 Å². The minimum atomic E-state index is 0.0399. The van der Waals surface area contributed by atoms with Gasteiger partial charge in [-0.15, -0.1) is 23.1 Å². The summed E-state index contributed by atoms with van der Waals surface area (Å²) in [7, 11) is 0. The van der Waals surface area contributed by atoms with Crippen LogP contribution in [0, 0.1) is 6.92 Å². The normalized spacial score (nSPS) is 10.9. The van der Waals surface area contributed by atoms with Gasteiger partial charge in [0.25, 0.3) is 0 Å². The van der Waals surface area contributed by atoms with Crippen molar-refractivity contribution >= 4 is 39.2 Å². The Hall–Kier alpha value is -2.12. The van der Waals surface area contributed by atoms with Gasteiger partial charge in [-0.25, -0.2) is 9.97 Å². The van der Waals surface area contributed by atoms with Gasteiger partial charge in [0.1, 0.15) is 21.9 Å². The molecule has 0 unspecified atom stereocenters. The molecule has 2 heterocycles. The van der Waals surface area contributed by atoms with Crippen molar-refractivity contribution in [1.82, 2.24) is 15.3 Å². The predicted octanol–water partition coefficient (Wildman–Crippen LogP) is 3.55. The van der Waals surface area contributed by atoms with Gasteiger partial charge in [0.05, 0.1) is 0 Å². The van der Waals surface area contributed by atoms with Gasteiger partial charge in [-0.2, -0.15) is 0 Å². The molecule has 0 saturated heterocycles. The third kappa shape index (κ3) is 4.93. The lowest BCUT2D eigenvalue weighted by Gasteiger charge is -2.06. The number of nitrogens with one attached hydrogen (secondary N) is 1. The van der Waals surface area contributed by atoms with Crippen LogP contribution in [-0.4, -0.2) is 33.3 Å². The second-order valence-electron chi connectivity index (χ2n) is 5.62. The first kappa shape index (κ1) is 17.7. The molecule has 1 amide bonds. The van der Waals surface area contributed by atoms with E-state index >= 15 is 0 Å². The monoisotopic (exact) mass is 373 g/mol. The zero-order valence-electron chi connectivity index (χ0n) is 13.9. The number of phenolic OH excluding ortho intramolecular Hbond substituents is 1. The zero-order valence-corrected chi connectivity index (χ0v) is 15.5. The van der Waals surface area contributed by atoms with Crippen molar-refractivity contribution in [2.45, 2.75) is 24.8 Å². The fraction of sp³-hybridized carbons (Fsp3) is 0.278. The average Bonchev–Trinajstić information content (AvgIpc) is 2.98. The second-order valence-corrected chi connectivity index (χ2v) is 7.94. The molecule has 2 N–H and O–H groups in total. The summed E-state index contributed by atoms with van der Waals surface area (Å²) in [5.74, 6) is 0.981. The SMILES string of the molecule is Cc1cc2c(SCCC(=O)NCCc3ccc(O)cc3)ncnc2s1. The van der Waals surface area contributed by atoms with E-state index in [4.69, 9.17) is 0 Å². The van der Waals surface area contributed by atoms with Crippen molar-refractivity contribution in [2.24, 2.45) is 0 Å². The van der Waals surface area contributed by atoms with Gasteiger partial charge < -0.3 is 10.4 Å². The number of amides is 1. The van der Waals surface area contributed by atoms with E-state index in [0.29, 0.717) is 18.7 Å². The number of phenols is 1. The molecule has 0 aliphatic carbocycles. The molecule has 0 atom stereocenters. The lowest BCUT2D eigenvalue weighted by atomic mass is 10.1. The molecule has 1 aromatic carbocycles. The van der Waals surface area contributed by atoms with E-state index in [2.05, 4.69) is 28.3 Å². The van der Waals surface area contributed by atoms with Crippen molar-refractivity contribution in [3.05, 3.63) is 47.1 Å². The molecule has 2 aromatic heterocycles. The van der Waals surface area contributed by atoms with Crippen LogP contribution in [0.5, 0.6) is 5.75 Å². The van der Waals surface area contributed by atoms with Gasteiger partial charge in [0.2, 0.25) is 5.91 Å². The molecule has 0 bridgehead atoms. The Kier molecular flexibility index (Phi) is 5.88. The summed E-state index contributed by atoms with van der Waals surface area (Å²) in [6.07, 6.45) is 2.78. The predicted molar refractivity (Wildman–Crippen MR) is 102 cm³/mol. The summed E-state index contributed by atoms with van der Waals surface area (Å²) < 4.78 is 0. The summed E-state index contributed by atoms with van der Waals surface area (Å²) in [5, 5.41) is 14.2. The molecule has 3 aromatic rings. The highest BCUT2D eigenvalue weighted by atomic mass is 32.2. The molecule has 0 radical (unpaired) electrons. The number of benzene rings is 1. The number of hydrogen-bond acceptors (Lipinski definition) is 6. The van der Waals surface area contributed by atoms with Crippen LogP contribution in [0.2, 0.25) is 0 Å². The Bertz CT molecular complexity index is 862. The Morgan fingerprint density at radius 2 is 2.08 bits per heavy atom. The van der Waals surface area contributed by atoms with E-state index in [1.54, 1.807) is 41.6 Å². The van der Waals surface area contributed by atoms with E-state index in [-0.39, 0.29) is 11.7 Å². The zero-order chi connectivity index (χ0) is 17.6. The largest absolute Gasteiger partial charge is 0.508 e. The Labute approximate surface area is 154 Å². The first-order valence-electron chi connectivity index (χ1n) is 8.00. The number of hydrogen-bond donors (Lipinski definition) is 2. The van der Waals surface area contributed by atoms with E-state index in [1.807, 2.05) is 12.1 Å². The summed E-state index contributed by atoms with van der Waals surface area (Å²) in [5.41, 5.74) is 1.09. The molecule has 7 heteroatoms. The van der Waals surface area contributed by atoms with Crippen LogP contribution in [0.4, 0.5) is 0 Å². The number of aromatic hydroxyl groups is 1. The summed E-state index contributed by atoms with van der Waals surface area (Å²) in [6, 6.07) is 9.13. The first-order valence-corrected chi connectivity index (χ1v) is 9.80. The number of fused-ring (bicyclic) bond motifs is 1. The van der Waals surface area contributed by atoms with E-state index in [0.717, 1.165) is 27.2 Å². The third-order valence-corrected chi connectivity index (χ3v) is 5.62. The third-order valence-electron chi connectivity index (χ3n) is 3.66. The van der Waals surface area contributed by atoms with Gasteiger partial charge in [0, 0.05) is 29.0 Å². The maximum Gasteiger partial charge on any atom is 0.220 e. The van der Waals surface area contributed by atoms with Crippen LogP contribution < -0.4 is 5.32 Å². The standard InChI is InChI=1S/C18H19N3O2S2/c1-12-10-15-17(20-11-21-18(15)25-12)24-9-7-16(23)19-8-6-13-2-4-14(22)5-3-13/h2-5,10-11,22H,6-9H2,1H3,(H,19,23). The minimum Gasteiger partial charge on any atom is -0.508 e. The Balaban J connectivity index is 1.42. The number of carbonyl (C=O) groups excluding carboxylic acids is 1. The highest BCUT2D eigenvalue weighted by Crippen LogP contribution is 2.30. The number of aromatic nitrogens is 2. The molecule has 0 aliphatic heterocycles. The number of thioether (sulfide) groups is 1. The molecule has 130 valence electrons. The molecule has 0 fully saturated rings. The van der Waals surface area contributed by atoms with Crippen LogP contribution in [0.1, 0.15) is 16.9 Å². The van der Waals surface area contributed by atoms with Crippen molar-refractivity contribution in [3.63, 3.8) is 0 Å². The van der Waals surface area contributed by atoms with Gasteiger partial charge in [-0.3, -0.25) is 4.79 Å². The quantitative estimate of drug-likeness (QED) is 0.489. The fourth-order valence-electron chi connectivity index (χ4n) is 2.41. The highest BCUT2D eigenvalue weighted by Gasteiger charge is 2.08. The van der Waals surface area contributed by atoms with Crippen LogP contribution in [0.25, 0.3) is 10.2 Å². The molecular weight excluding hydrogens is 354 g/mol. The summed E-state index contributed by atoms with van der Waals surface area (Å²) in [4.78, 5) is 22.8. The second kappa shape index (κ2) is 8.31. The number of nitrogens with zero attached hydrogens (tertiary/aromatic N) is 2. The van der Waals surface area contributed by atoms with E-state index in [1.165, 1.54) is 4.88 Å². The number of rotatable bonds is 7. The molecule has 5 nitrogen and oxygen atoms in total. The fourth-order valence-corrected chi connectivity index (χ4v) is 4.23. The summed E-state index contributed by atoms with van der Waals surface area (Å²) >= 11 is 3.25. The van der Waals surface area contributed by atoms with Gasteiger partial charge in [-0.1, -0.05) is 12.1 Å². The highest BCUT2D eigenvalue weighted by molar-refractivity contribution is 7.99. The maximum absolute atomic E-state index is 12.0. The molecule has 25 heavy (non-hydrogen) atoms. The van der Waals surface area contributed by atoms with Crippen LogP contribution in [0.3, 0.4) is 0 Å². The van der Waals surface area contributed by atoms with Crippen LogP contribution in [0.15, 0.2) is 41.7 Å². The minimum absolute atomic E-state index is 0.0399. The maximum atomic E-state index is 12.0. The molecule has 0 spiro atoms. The lowest BCUT2D eigenvalue weighted by molar-refractivity contribution is -0.120.